The Morgan fingerprint density at radius 1 is 0.625 bits per heavy atom. The minimum absolute atomic E-state index is 0.139. The van der Waals surface area contributed by atoms with Crippen LogP contribution in [0.2, 0.25) is 0 Å². The van der Waals surface area contributed by atoms with Crippen LogP contribution in [-0.4, -0.2) is 15.9 Å². The first kappa shape index (κ1) is 20.6. The summed E-state index contributed by atoms with van der Waals surface area (Å²) in [5, 5.41) is 6.87. The first-order chi connectivity index (χ1) is 19.8. The third-order valence-corrected chi connectivity index (χ3v) is 11.7. The molecule has 6 heterocycles. The summed E-state index contributed by atoms with van der Waals surface area (Å²) in [7, 11) is 0. The summed E-state index contributed by atoms with van der Waals surface area (Å²) in [6.07, 6.45) is 0. The maximum atomic E-state index is 2.70. The van der Waals surface area contributed by atoms with Crippen molar-refractivity contribution in [3.8, 4) is 16.8 Å². The van der Waals surface area contributed by atoms with E-state index in [0.29, 0.717) is 0 Å². The van der Waals surface area contributed by atoms with Crippen LogP contribution < -0.4 is 10.9 Å². The molecule has 11 rings (SSSR count). The van der Waals surface area contributed by atoms with E-state index in [1.807, 2.05) is 22.7 Å². The van der Waals surface area contributed by atoms with E-state index < -0.39 is 0 Å². The second-order valence-electron chi connectivity index (χ2n) is 11.4. The lowest BCUT2D eigenvalue weighted by Gasteiger charge is -2.34. The number of aryl methyl sites for hydroxylation is 1. The maximum Gasteiger partial charge on any atom is 0.333 e. The predicted octanol–water partition coefficient (Wildman–Crippen LogP) is 8.58. The fourth-order valence-electron chi connectivity index (χ4n) is 7.93. The largest absolute Gasteiger partial charge is 0.367 e. The van der Waals surface area contributed by atoms with Crippen LogP contribution in [0, 0.1) is 6.92 Å². The quantitative estimate of drug-likeness (QED) is 0.170. The number of nitrogens with zero attached hydrogens (tertiary/aromatic N) is 2. The van der Waals surface area contributed by atoms with Gasteiger partial charge in [-0.25, -0.2) is 0 Å². The molecule has 2 aliphatic rings. The summed E-state index contributed by atoms with van der Waals surface area (Å²) in [4.78, 5) is 1.38. The fourth-order valence-corrected chi connectivity index (χ4v) is 10.4. The average Bonchev–Trinajstić information content (AvgIpc) is 3.71. The Kier molecular flexibility index (Phi) is 3.44. The first-order valence-corrected chi connectivity index (χ1v) is 15.5. The Hall–Kier alpha value is -4.32. The van der Waals surface area contributed by atoms with E-state index in [-0.39, 0.29) is 6.85 Å². The van der Waals surface area contributed by atoms with Crippen LogP contribution in [0.1, 0.15) is 5.56 Å². The van der Waals surface area contributed by atoms with Gasteiger partial charge in [0.1, 0.15) is 0 Å². The zero-order valence-corrected chi connectivity index (χ0v) is 23.2. The molecule has 4 aromatic heterocycles. The van der Waals surface area contributed by atoms with Gasteiger partial charge in [-0.2, -0.15) is 0 Å². The minimum atomic E-state index is 0.139. The number of rotatable bonds is 0. The SMILES string of the molecule is Cc1cc2c3c(c1)-n1c4c(cccc4c4sc5ccccc5c41)B3n1c3sc4ccccc4c3c3cccc-2c31. The summed E-state index contributed by atoms with van der Waals surface area (Å²) < 4.78 is 9.43. The first-order valence-electron chi connectivity index (χ1n) is 13.8. The van der Waals surface area contributed by atoms with Crippen LogP contribution in [0.3, 0.4) is 0 Å². The number of fused-ring (bicyclic) bond motifs is 14. The van der Waals surface area contributed by atoms with E-state index in [0.717, 1.165) is 0 Å². The van der Waals surface area contributed by atoms with Crippen molar-refractivity contribution < 1.29 is 0 Å². The molecule has 0 bridgehead atoms. The highest BCUT2D eigenvalue weighted by Gasteiger charge is 2.42. The van der Waals surface area contributed by atoms with E-state index in [9.17, 15) is 0 Å². The van der Waals surface area contributed by atoms with Gasteiger partial charge in [-0.15, -0.1) is 22.7 Å². The van der Waals surface area contributed by atoms with Crippen molar-refractivity contribution in [2.24, 2.45) is 0 Å². The molecule has 0 atom stereocenters. The lowest BCUT2D eigenvalue weighted by molar-refractivity contribution is 1.17. The van der Waals surface area contributed by atoms with Crippen molar-refractivity contribution in [1.82, 2.24) is 9.05 Å². The standard InChI is InChI=1S/C35H19BN2S2/c1-18-16-24-19-10-6-11-22-29-20-8-2-4-14-27(20)40-35(29)38(31(19)22)36-25-13-7-12-23-32(25)37(26(17-18)30(24)36)33-21-9-3-5-15-28(21)39-34(23)33/h2-17H,1H3. The van der Waals surface area contributed by atoms with Crippen LogP contribution in [-0.2, 0) is 0 Å². The zero-order valence-electron chi connectivity index (χ0n) is 21.5. The van der Waals surface area contributed by atoms with Gasteiger partial charge in [0, 0.05) is 53.1 Å². The Bertz CT molecular complexity index is 2630. The summed E-state index contributed by atoms with van der Waals surface area (Å²) in [5.41, 5.74) is 12.4. The molecule has 5 heteroatoms. The van der Waals surface area contributed by atoms with Gasteiger partial charge in [0.25, 0.3) is 0 Å². The summed E-state index contributed by atoms with van der Waals surface area (Å²) in [5.74, 6) is 0. The van der Waals surface area contributed by atoms with Gasteiger partial charge in [-0.1, -0.05) is 78.9 Å². The summed E-state index contributed by atoms with van der Waals surface area (Å²) >= 11 is 3.88. The molecule has 0 unspecified atom stereocenters. The molecule has 0 amide bonds. The molecule has 0 aliphatic carbocycles. The highest BCUT2D eigenvalue weighted by Crippen LogP contribution is 2.48. The Morgan fingerprint density at radius 3 is 2.27 bits per heavy atom. The van der Waals surface area contributed by atoms with E-state index in [2.05, 4.69) is 113 Å². The van der Waals surface area contributed by atoms with Crippen molar-refractivity contribution >= 4 is 103 Å². The van der Waals surface area contributed by atoms with Crippen molar-refractivity contribution in [1.29, 1.82) is 0 Å². The average molecular weight is 542 g/mol. The molecule has 0 saturated carbocycles. The van der Waals surface area contributed by atoms with Crippen molar-refractivity contribution in [2.45, 2.75) is 6.92 Å². The van der Waals surface area contributed by atoms with Crippen molar-refractivity contribution in [2.75, 3.05) is 0 Å². The Morgan fingerprint density at radius 2 is 1.38 bits per heavy atom. The zero-order chi connectivity index (χ0) is 25.9. The highest BCUT2D eigenvalue weighted by molar-refractivity contribution is 7.27. The van der Waals surface area contributed by atoms with Gasteiger partial charge in [-0.05, 0) is 47.2 Å². The van der Waals surface area contributed by atoms with Crippen molar-refractivity contribution in [3.63, 3.8) is 0 Å². The van der Waals surface area contributed by atoms with E-state index in [4.69, 9.17) is 0 Å². The smallest absolute Gasteiger partial charge is 0.333 e. The van der Waals surface area contributed by atoms with Crippen molar-refractivity contribution in [3.05, 3.63) is 103 Å². The van der Waals surface area contributed by atoms with E-state index in [1.165, 1.54) is 95.7 Å². The molecule has 0 radical (unpaired) electrons. The molecule has 40 heavy (non-hydrogen) atoms. The molecule has 2 aliphatic heterocycles. The highest BCUT2D eigenvalue weighted by atomic mass is 32.1. The normalized spacial score (nSPS) is 13.6. The molecular weight excluding hydrogens is 523 g/mol. The molecule has 0 spiro atoms. The van der Waals surface area contributed by atoms with Gasteiger partial charge >= 0.3 is 6.85 Å². The third-order valence-electron chi connectivity index (χ3n) is 9.33. The van der Waals surface area contributed by atoms with Gasteiger partial charge in [0.15, 0.2) is 0 Å². The molecule has 0 fully saturated rings. The maximum absolute atomic E-state index is 2.70. The molecular formula is C35H19BN2S2. The second-order valence-corrected chi connectivity index (χ2v) is 13.4. The third kappa shape index (κ3) is 2.14. The summed E-state index contributed by atoms with van der Waals surface area (Å²) in [6.45, 7) is 2.40. The predicted molar refractivity (Wildman–Crippen MR) is 175 cm³/mol. The van der Waals surface area contributed by atoms with Gasteiger partial charge in [0.05, 0.1) is 20.6 Å². The van der Waals surface area contributed by atoms with Crippen LogP contribution in [0.25, 0.3) is 79.2 Å². The number of hydrogen-bond acceptors (Lipinski definition) is 2. The van der Waals surface area contributed by atoms with Crippen LogP contribution in [0.15, 0.2) is 97.1 Å². The molecule has 184 valence electrons. The second kappa shape index (κ2) is 6.69. The van der Waals surface area contributed by atoms with Gasteiger partial charge < -0.3 is 9.05 Å². The Balaban J connectivity index is 1.43. The number of hydrogen-bond donors (Lipinski definition) is 0. The molecule has 0 N–H and O–H groups in total. The number of benzene rings is 5. The minimum Gasteiger partial charge on any atom is -0.367 e. The number of aromatic nitrogens is 2. The monoisotopic (exact) mass is 542 g/mol. The lowest BCUT2D eigenvalue weighted by atomic mass is 9.45. The van der Waals surface area contributed by atoms with Crippen LogP contribution in [0.5, 0.6) is 0 Å². The lowest BCUT2D eigenvalue weighted by Crippen LogP contribution is -2.55. The molecule has 5 aromatic carbocycles. The summed E-state index contributed by atoms with van der Waals surface area (Å²) in [6, 6.07) is 36.7. The fraction of sp³-hybridized carbons (Fsp3) is 0.0286. The van der Waals surface area contributed by atoms with E-state index in [1.54, 1.807) is 0 Å². The molecule has 2 nitrogen and oxygen atoms in total. The van der Waals surface area contributed by atoms with E-state index >= 15 is 0 Å². The molecule has 0 saturated heterocycles. The molecule has 9 aromatic rings. The van der Waals surface area contributed by atoms with Crippen LogP contribution >= 0.6 is 22.7 Å². The number of para-hydroxylation sites is 2. The number of thiophene rings is 2. The van der Waals surface area contributed by atoms with Gasteiger partial charge in [0.2, 0.25) is 0 Å². The van der Waals surface area contributed by atoms with Gasteiger partial charge in [-0.3, -0.25) is 0 Å². The van der Waals surface area contributed by atoms with Crippen LogP contribution in [0.4, 0.5) is 0 Å². The topological polar surface area (TPSA) is 9.86 Å². The Labute approximate surface area is 237 Å².